The lowest BCUT2D eigenvalue weighted by molar-refractivity contribution is -0.120. The molecule has 0 aliphatic rings. The number of H-pyrrole nitrogens is 1. The van der Waals surface area contributed by atoms with E-state index in [0.29, 0.717) is 43.5 Å². The number of aryl methyl sites for hydroxylation is 1. The average Bonchev–Trinajstić information content (AvgIpc) is 2.35. The summed E-state index contributed by atoms with van der Waals surface area (Å²) in [5, 5.41) is 5.82. The molecule has 3 N–H and O–H groups in total. The van der Waals surface area contributed by atoms with Crippen molar-refractivity contribution in [3.8, 4) is 0 Å². The maximum absolute atomic E-state index is 11.5. The lowest BCUT2D eigenvalue weighted by Gasteiger charge is -2.09. The van der Waals surface area contributed by atoms with Crippen LogP contribution in [0.15, 0.2) is 10.9 Å². The second-order valence-corrected chi connectivity index (χ2v) is 4.81. The Morgan fingerprint density at radius 3 is 2.84 bits per heavy atom. The van der Waals surface area contributed by atoms with Crippen LogP contribution in [0.3, 0.4) is 0 Å². The maximum Gasteiger partial charge on any atom is 0.252 e. The summed E-state index contributed by atoms with van der Waals surface area (Å²) in [4.78, 5) is 29.7. The third kappa shape index (κ3) is 6.03. The van der Waals surface area contributed by atoms with E-state index in [1.165, 1.54) is 6.07 Å². The first-order valence-corrected chi connectivity index (χ1v) is 6.62. The predicted octanol–water partition coefficient (Wildman–Crippen LogP) is 0.906. The van der Waals surface area contributed by atoms with E-state index >= 15 is 0 Å². The molecule has 0 saturated carbocycles. The number of nitrogens with one attached hydrogen (secondary N) is 3. The SMILES string of the molecule is CCc1nc(NCCC(=O)NCC(C)C)cc(=O)[nH]1. The predicted molar refractivity (Wildman–Crippen MR) is 75.2 cm³/mol. The Morgan fingerprint density at radius 2 is 2.21 bits per heavy atom. The normalized spacial score (nSPS) is 10.5. The fourth-order valence-corrected chi connectivity index (χ4v) is 1.48. The lowest BCUT2D eigenvalue weighted by atomic mass is 10.2. The van der Waals surface area contributed by atoms with Crippen LogP contribution < -0.4 is 16.2 Å². The van der Waals surface area contributed by atoms with Gasteiger partial charge in [-0.2, -0.15) is 0 Å². The van der Waals surface area contributed by atoms with Crippen molar-refractivity contribution >= 4 is 11.7 Å². The van der Waals surface area contributed by atoms with E-state index in [1.54, 1.807) is 0 Å². The Kier molecular flexibility index (Phi) is 6.05. The van der Waals surface area contributed by atoms with Crippen LogP contribution in [0, 0.1) is 5.92 Å². The van der Waals surface area contributed by atoms with Crippen LogP contribution in [0.5, 0.6) is 0 Å². The zero-order chi connectivity index (χ0) is 14.3. The van der Waals surface area contributed by atoms with E-state index in [2.05, 4.69) is 20.6 Å². The molecule has 1 aromatic rings. The fourth-order valence-electron chi connectivity index (χ4n) is 1.48. The largest absolute Gasteiger partial charge is 0.369 e. The summed E-state index contributed by atoms with van der Waals surface area (Å²) in [5.41, 5.74) is -0.182. The van der Waals surface area contributed by atoms with Gasteiger partial charge in [0.05, 0.1) is 0 Å². The molecule has 0 saturated heterocycles. The molecule has 0 aliphatic heterocycles. The molecule has 1 rings (SSSR count). The molecule has 1 heterocycles. The number of aromatic amines is 1. The van der Waals surface area contributed by atoms with Crippen molar-refractivity contribution in [3.63, 3.8) is 0 Å². The minimum Gasteiger partial charge on any atom is -0.369 e. The van der Waals surface area contributed by atoms with Crippen LogP contribution in [0.2, 0.25) is 0 Å². The molecule has 0 spiro atoms. The van der Waals surface area contributed by atoms with Gasteiger partial charge in [-0.1, -0.05) is 20.8 Å². The molecular formula is C13H22N4O2. The molecular weight excluding hydrogens is 244 g/mol. The van der Waals surface area contributed by atoms with Gasteiger partial charge in [0.1, 0.15) is 11.6 Å². The lowest BCUT2D eigenvalue weighted by Crippen LogP contribution is -2.28. The second kappa shape index (κ2) is 7.56. The molecule has 1 amide bonds. The molecule has 0 atom stereocenters. The van der Waals surface area contributed by atoms with Gasteiger partial charge >= 0.3 is 0 Å². The van der Waals surface area contributed by atoms with Crippen molar-refractivity contribution in [1.82, 2.24) is 15.3 Å². The Balaban J connectivity index is 2.38. The minimum absolute atomic E-state index is 0.00163. The average molecular weight is 266 g/mol. The van der Waals surface area contributed by atoms with E-state index < -0.39 is 0 Å². The zero-order valence-electron chi connectivity index (χ0n) is 11.7. The number of anilines is 1. The van der Waals surface area contributed by atoms with Gasteiger partial charge < -0.3 is 15.6 Å². The fraction of sp³-hybridized carbons (Fsp3) is 0.615. The summed E-state index contributed by atoms with van der Waals surface area (Å²) >= 11 is 0. The summed E-state index contributed by atoms with van der Waals surface area (Å²) in [6, 6.07) is 1.39. The van der Waals surface area contributed by atoms with Gasteiger partial charge in [0.2, 0.25) is 5.91 Å². The molecule has 0 aliphatic carbocycles. The zero-order valence-corrected chi connectivity index (χ0v) is 11.7. The number of rotatable bonds is 7. The van der Waals surface area contributed by atoms with Gasteiger partial charge in [0.25, 0.3) is 5.56 Å². The number of nitrogens with zero attached hydrogens (tertiary/aromatic N) is 1. The Hall–Kier alpha value is -1.85. The van der Waals surface area contributed by atoms with Gasteiger partial charge in [-0.15, -0.1) is 0 Å². The first-order chi connectivity index (χ1) is 9.01. The van der Waals surface area contributed by atoms with Gasteiger partial charge in [-0.3, -0.25) is 9.59 Å². The molecule has 0 radical (unpaired) electrons. The topological polar surface area (TPSA) is 86.9 Å². The summed E-state index contributed by atoms with van der Waals surface area (Å²) < 4.78 is 0. The highest BCUT2D eigenvalue weighted by Gasteiger charge is 2.03. The smallest absolute Gasteiger partial charge is 0.252 e. The molecule has 0 aromatic carbocycles. The van der Waals surface area contributed by atoms with E-state index in [9.17, 15) is 9.59 Å². The van der Waals surface area contributed by atoms with Gasteiger partial charge in [0.15, 0.2) is 0 Å². The van der Waals surface area contributed by atoms with Gasteiger partial charge in [-0.05, 0) is 5.92 Å². The Morgan fingerprint density at radius 1 is 1.47 bits per heavy atom. The van der Waals surface area contributed by atoms with Crippen LogP contribution in [0.4, 0.5) is 5.82 Å². The number of carbonyl (C=O) groups excluding carboxylic acids is 1. The Labute approximate surface area is 113 Å². The van der Waals surface area contributed by atoms with Crippen molar-refractivity contribution in [2.24, 2.45) is 5.92 Å². The molecule has 19 heavy (non-hydrogen) atoms. The van der Waals surface area contributed by atoms with E-state index in [0.717, 1.165) is 0 Å². The maximum atomic E-state index is 11.5. The van der Waals surface area contributed by atoms with Gasteiger partial charge in [-0.25, -0.2) is 4.98 Å². The summed E-state index contributed by atoms with van der Waals surface area (Å²) in [7, 11) is 0. The van der Waals surface area contributed by atoms with Crippen LogP contribution in [-0.2, 0) is 11.2 Å². The van der Waals surface area contributed by atoms with Crippen LogP contribution in [0.1, 0.15) is 33.0 Å². The first kappa shape index (κ1) is 15.2. The highest BCUT2D eigenvalue weighted by Crippen LogP contribution is 1.99. The van der Waals surface area contributed by atoms with Crippen molar-refractivity contribution in [2.75, 3.05) is 18.4 Å². The number of aromatic nitrogens is 2. The second-order valence-electron chi connectivity index (χ2n) is 4.81. The van der Waals surface area contributed by atoms with Crippen molar-refractivity contribution in [1.29, 1.82) is 0 Å². The van der Waals surface area contributed by atoms with Crippen LogP contribution >= 0.6 is 0 Å². The monoisotopic (exact) mass is 266 g/mol. The number of hydrogen-bond donors (Lipinski definition) is 3. The number of amides is 1. The van der Waals surface area contributed by atoms with Gasteiger partial charge in [0, 0.05) is 32.0 Å². The summed E-state index contributed by atoms with van der Waals surface area (Å²) in [6.45, 7) is 7.16. The molecule has 1 aromatic heterocycles. The summed E-state index contributed by atoms with van der Waals surface area (Å²) in [6.07, 6.45) is 1.03. The highest BCUT2D eigenvalue weighted by atomic mass is 16.1. The molecule has 106 valence electrons. The molecule has 0 unspecified atom stereocenters. The highest BCUT2D eigenvalue weighted by molar-refractivity contribution is 5.76. The first-order valence-electron chi connectivity index (χ1n) is 6.62. The third-order valence-corrected chi connectivity index (χ3v) is 2.49. The van der Waals surface area contributed by atoms with Crippen molar-refractivity contribution in [3.05, 3.63) is 22.2 Å². The molecule has 6 nitrogen and oxygen atoms in total. The third-order valence-electron chi connectivity index (χ3n) is 2.49. The van der Waals surface area contributed by atoms with E-state index in [-0.39, 0.29) is 11.5 Å². The summed E-state index contributed by atoms with van der Waals surface area (Å²) in [5.74, 6) is 1.59. The van der Waals surface area contributed by atoms with Crippen LogP contribution in [0.25, 0.3) is 0 Å². The minimum atomic E-state index is -0.182. The molecule has 0 bridgehead atoms. The van der Waals surface area contributed by atoms with E-state index in [1.807, 2.05) is 20.8 Å². The quantitative estimate of drug-likeness (QED) is 0.684. The number of hydrogen-bond acceptors (Lipinski definition) is 4. The van der Waals surface area contributed by atoms with Crippen molar-refractivity contribution in [2.45, 2.75) is 33.6 Å². The van der Waals surface area contributed by atoms with Crippen LogP contribution in [-0.4, -0.2) is 29.0 Å². The Bertz CT molecular complexity index is 468. The number of carbonyl (C=O) groups is 1. The van der Waals surface area contributed by atoms with E-state index in [4.69, 9.17) is 0 Å². The molecule has 6 heteroatoms. The standard InChI is InChI=1S/C13H22N4O2/c1-4-10-16-11(7-13(19)17-10)14-6-5-12(18)15-8-9(2)3/h7,9H,4-6,8H2,1-3H3,(H,15,18)(H2,14,16,17,19). The van der Waals surface area contributed by atoms with Crippen molar-refractivity contribution < 1.29 is 4.79 Å². The molecule has 0 fully saturated rings.